The molecule has 5 nitrogen and oxygen atoms in total. The van der Waals surface area contributed by atoms with Gasteiger partial charge >= 0.3 is 0 Å². The number of hydrogen-bond donors (Lipinski definition) is 0. The maximum Gasteiger partial charge on any atom is 0.262 e. The number of aryl methyl sites for hydroxylation is 2. The summed E-state index contributed by atoms with van der Waals surface area (Å²) in [5, 5.41) is 5.72. The third-order valence-electron chi connectivity index (χ3n) is 5.12. The number of thioether (sulfide) groups is 1. The van der Waals surface area contributed by atoms with Gasteiger partial charge < -0.3 is 4.52 Å². The predicted molar refractivity (Wildman–Crippen MR) is 113 cm³/mol. The van der Waals surface area contributed by atoms with Crippen molar-refractivity contribution >= 4 is 33.3 Å². The van der Waals surface area contributed by atoms with Gasteiger partial charge in [0, 0.05) is 29.3 Å². The molecule has 0 saturated carbocycles. The second kappa shape index (κ2) is 7.22. The Labute approximate surface area is 170 Å². The van der Waals surface area contributed by atoms with Crippen molar-refractivity contribution in [2.45, 2.75) is 36.6 Å². The van der Waals surface area contributed by atoms with Gasteiger partial charge in [-0.1, -0.05) is 47.3 Å². The molecule has 1 aliphatic rings. The Morgan fingerprint density at radius 1 is 1.21 bits per heavy atom. The monoisotopic (exact) mass is 409 g/mol. The van der Waals surface area contributed by atoms with Gasteiger partial charge in [-0.15, -0.1) is 11.3 Å². The van der Waals surface area contributed by atoms with Crippen LogP contribution in [0.1, 0.15) is 29.0 Å². The average Bonchev–Trinajstić information content (AvgIpc) is 3.35. The zero-order chi connectivity index (χ0) is 19.1. The van der Waals surface area contributed by atoms with Gasteiger partial charge in [0.25, 0.3) is 5.56 Å². The normalized spacial score (nSPS) is 13.8. The number of fused-ring (bicyclic) bond motifs is 3. The van der Waals surface area contributed by atoms with Crippen molar-refractivity contribution in [1.82, 2.24) is 14.7 Å². The van der Waals surface area contributed by atoms with Crippen LogP contribution in [0.15, 0.2) is 50.9 Å². The van der Waals surface area contributed by atoms with Crippen LogP contribution < -0.4 is 5.56 Å². The quantitative estimate of drug-likeness (QED) is 0.357. The lowest BCUT2D eigenvalue weighted by molar-refractivity contribution is 0.426. The Hall–Kier alpha value is -2.38. The highest BCUT2D eigenvalue weighted by Crippen LogP contribution is 2.35. The number of benzene rings is 1. The molecule has 142 valence electrons. The summed E-state index contributed by atoms with van der Waals surface area (Å²) in [4.78, 5) is 20.0. The minimum absolute atomic E-state index is 0.0667. The molecule has 0 radical (unpaired) electrons. The summed E-state index contributed by atoms with van der Waals surface area (Å²) in [5.74, 6) is 1.35. The van der Waals surface area contributed by atoms with Crippen molar-refractivity contribution < 1.29 is 4.52 Å². The predicted octanol–water partition coefficient (Wildman–Crippen LogP) is 4.82. The van der Waals surface area contributed by atoms with Crippen molar-refractivity contribution in [2.24, 2.45) is 7.05 Å². The van der Waals surface area contributed by atoms with Crippen LogP contribution in [0.25, 0.3) is 21.5 Å². The van der Waals surface area contributed by atoms with E-state index in [9.17, 15) is 4.79 Å². The number of rotatable bonds is 4. The fourth-order valence-electron chi connectivity index (χ4n) is 3.65. The van der Waals surface area contributed by atoms with Gasteiger partial charge in [-0.25, -0.2) is 4.98 Å². The molecule has 0 N–H and O–H groups in total. The van der Waals surface area contributed by atoms with Crippen LogP contribution in [-0.4, -0.2) is 14.7 Å². The van der Waals surface area contributed by atoms with Crippen molar-refractivity contribution in [3.05, 3.63) is 62.9 Å². The molecule has 4 aromatic rings. The zero-order valence-corrected chi connectivity index (χ0v) is 17.1. The maximum absolute atomic E-state index is 13.0. The summed E-state index contributed by atoms with van der Waals surface area (Å²) in [6, 6.07) is 11.9. The molecular weight excluding hydrogens is 390 g/mol. The van der Waals surface area contributed by atoms with Crippen LogP contribution in [0.3, 0.4) is 0 Å². The van der Waals surface area contributed by atoms with E-state index in [0.29, 0.717) is 5.75 Å². The van der Waals surface area contributed by atoms with Crippen molar-refractivity contribution in [2.75, 3.05) is 0 Å². The molecule has 3 heterocycles. The fourth-order valence-corrected chi connectivity index (χ4v) is 5.81. The first-order valence-electron chi connectivity index (χ1n) is 9.36. The molecule has 0 saturated heterocycles. The second-order valence-electron chi connectivity index (χ2n) is 6.99. The largest absolute Gasteiger partial charge is 0.356 e. The van der Waals surface area contributed by atoms with Gasteiger partial charge in [0.05, 0.1) is 11.1 Å². The lowest BCUT2D eigenvalue weighted by atomic mass is 9.97. The lowest BCUT2D eigenvalue weighted by Gasteiger charge is -2.10. The first kappa shape index (κ1) is 17.7. The first-order chi connectivity index (χ1) is 13.7. The molecule has 1 aliphatic carbocycles. The van der Waals surface area contributed by atoms with E-state index in [0.717, 1.165) is 51.7 Å². The van der Waals surface area contributed by atoms with Crippen LogP contribution >= 0.6 is 23.1 Å². The molecule has 3 aromatic heterocycles. The SMILES string of the molecule is Cn1c(SCc2cc(-c3ccccc3)on2)nc2sc3c(c2c1=O)CCCC3. The van der Waals surface area contributed by atoms with E-state index in [1.54, 1.807) is 15.9 Å². The number of thiophene rings is 1. The summed E-state index contributed by atoms with van der Waals surface area (Å²) in [5.41, 5.74) is 3.14. The fraction of sp³-hybridized carbons (Fsp3) is 0.286. The number of hydrogen-bond acceptors (Lipinski definition) is 6. The molecule has 1 aromatic carbocycles. The standard InChI is InChI=1S/C21H19N3O2S2/c1-24-20(25)18-15-9-5-6-10-17(15)28-19(18)22-21(24)27-12-14-11-16(26-23-14)13-7-3-2-4-8-13/h2-4,7-8,11H,5-6,9-10,12H2,1H3. The lowest BCUT2D eigenvalue weighted by Crippen LogP contribution is -2.20. The van der Waals surface area contributed by atoms with Crippen LogP contribution in [0.2, 0.25) is 0 Å². The van der Waals surface area contributed by atoms with E-state index in [2.05, 4.69) is 5.16 Å². The van der Waals surface area contributed by atoms with Gasteiger partial charge in [0.15, 0.2) is 10.9 Å². The maximum atomic E-state index is 13.0. The number of aromatic nitrogens is 3. The van der Waals surface area contributed by atoms with Crippen LogP contribution in [0, 0.1) is 0 Å². The Bertz CT molecular complexity index is 1210. The van der Waals surface area contributed by atoms with Crippen molar-refractivity contribution in [1.29, 1.82) is 0 Å². The smallest absolute Gasteiger partial charge is 0.262 e. The molecule has 0 atom stereocenters. The Balaban J connectivity index is 1.42. The van der Waals surface area contributed by atoms with E-state index in [1.165, 1.54) is 28.6 Å². The third-order valence-corrected chi connectivity index (χ3v) is 7.37. The van der Waals surface area contributed by atoms with E-state index in [-0.39, 0.29) is 5.56 Å². The molecule has 0 spiro atoms. The van der Waals surface area contributed by atoms with Gasteiger partial charge in [-0.05, 0) is 31.2 Å². The average molecular weight is 410 g/mol. The Kier molecular flexibility index (Phi) is 4.56. The summed E-state index contributed by atoms with van der Waals surface area (Å²) >= 11 is 3.21. The molecular formula is C21H19N3O2S2. The number of nitrogens with zero attached hydrogens (tertiary/aromatic N) is 3. The molecule has 0 unspecified atom stereocenters. The van der Waals surface area contributed by atoms with Gasteiger partial charge in [-0.3, -0.25) is 9.36 Å². The minimum Gasteiger partial charge on any atom is -0.356 e. The van der Waals surface area contributed by atoms with Gasteiger partial charge in [0.2, 0.25) is 0 Å². The van der Waals surface area contributed by atoms with Gasteiger partial charge in [-0.2, -0.15) is 0 Å². The highest BCUT2D eigenvalue weighted by molar-refractivity contribution is 7.98. The second-order valence-corrected chi connectivity index (χ2v) is 9.01. The van der Waals surface area contributed by atoms with E-state index in [4.69, 9.17) is 9.51 Å². The van der Waals surface area contributed by atoms with E-state index in [1.807, 2.05) is 43.4 Å². The summed E-state index contributed by atoms with van der Waals surface area (Å²) in [7, 11) is 1.81. The van der Waals surface area contributed by atoms with Crippen LogP contribution in [0.4, 0.5) is 0 Å². The molecule has 7 heteroatoms. The molecule has 0 bridgehead atoms. The van der Waals surface area contributed by atoms with Crippen molar-refractivity contribution in [3.8, 4) is 11.3 Å². The Morgan fingerprint density at radius 2 is 2.04 bits per heavy atom. The molecule has 0 fully saturated rings. The van der Waals surface area contributed by atoms with Crippen LogP contribution in [0.5, 0.6) is 0 Å². The summed E-state index contributed by atoms with van der Waals surface area (Å²) < 4.78 is 7.14. The van der Waals surface area contributed by atoms with E-state index < -0.39 is 0 Å². The molecule has 5 rings (SSSR count). The minimum atomic E-state index is 0.0667. The van der Waals surface area contributed by atoms with E-state index >= 15 is 0 Å². The Morgan fingerprint density at radius 3 is 2.89 bits per heavy atom. The highest BCUT2D eigenvalue weighted by Gasteiger charge is 2.21. The third kappa shape index (κ3) is 3.08. The molecule has 0 aliphatic heterocycles. The molecule has 28 heavy (non-hydrogen) atoms. The first-order valence-corrected chi connectivity index (χ1v) is 11.2. The summed E-state index contributed by atoms with van der Waals surface area (Å²) in [6.07, 6.45) is 4.44. The van der Waals surface area contributed by atoms with Crippen molar-refractivity contribution in [3.63, 3.8) is 0 Å². The highest BCUT2D eigenvalue weighted by atomic mass is 32.2. The topological polar surface area (TPSA) is 60.9 Å². The van der Waals surface area contributed by atoms with Gasteiger partial charge in [0.1, 0.15) is 4.83 Å². The zero-order valence-electron chi connectivity index (χ0n) is 15.5. The summed E-state index contributed by atoms with van der Waals surface area (Å²) in [6.45, 7) is 0. The molecule has 0 amide bonds. The van der Waals surface area contributed by atoms with Crippen LogP contribution in [-0.2, 0) is 25.6 Å².